The van der Waals surface area contributed by atoms with Crippen molar-refractivity contribution in [2.45, 2.75) is 77.4 Å². The number of benzene rings is 1. The van der Waals surface area contributed by atoms with Crippen LogP contribution in [0.25, 0.3) is 0 Å². The minimum atomic E-state index is -0.711. The second kappa shape index (κ2) is 8.69. The van der Waals surface area contributed by atoms with Gasteiger partial charge < -0.3 is 26.0 Å². The molecule has 0 radical (unpaired) electrons. The Hall–Kier alpha value is -2.68. The number of hydrogen-bond donors (Lipinski definition) is 4. The van der Waals surface area contributed by atoms with Gasteiger partial charge in [-0.2, -0.15) is 4.98 Å². The molecule has 4 rings (SSSR count). The molecule has 0 amide bonds. The SMILES string of the molecule is CC(C)Nc1ncc2c(n1)N(C1CCC(C(C)(C)O)CC1)C(Nc1ccc(F)cc1F)N2. The molecule has 9 heteroatoms. The second-order valence-electron chi connectivity index (χ2n) is 9.61. The molecule has 4 N–H and O–H groups in total. The Bertz CT molecular complexity index is 956. The molecule has 1 saturated carbocycles. The van der Waals surface area contributed by atoms with Crippen LogP contribution in [0.5, 0.6) is 0 Å². The Morgan fingerprint density at radius 2 is 1.91 bits per heavy atom. The summed E-state index contributed by atoms with van der Waals surface area (Å²) in [6.45, 7) is 7.77. The van der Waals surface area contributed by atoms with Crippen molar-refractivity contribution in [2.24, 2.45) is 5.92 Å². The number of aromatic nitrogens is 2. The zero-order chi connectivity index (χ0) is 23.0. The normalized spacial score (nSPS) is 23.1. The van der Waals surface area contributed by atoms with Crippen molar-refractivity contribution in [3.05, 3.63) is 36.0 Å². The van der Waals surface area contributed by atoms with Gasteiger partial charge in [-0.15, -0.1) is 0 Å². The third-order valence-electron chi connectivity index (χ3n) is 6.31. The van der Waals surface area contributed by atoms with Crippen molar-refractivity contribution in [1.82, 2.24) is 9.97 Å². The first kappa shape index (κ1) is 22.5. The molecular weight excluding hydrogens is 414 g/mol. The number of halogens is 2. The molecular formula is C23H32F2N6O. The highest BCUT2D eigenvalue weighted by Gasteiger charge is 2.40. The van der Waals surface area contributed by atoms with E-state index >= 15 is 0 Å². The van der Waals surface area contributed by atoms with E-state index < -0.39 is 23.5 Å². The van der Waals surface area contributed by atoms with Crippen LogP contribution in [0, 0.1) is 17.6 Å². The average Bonchev–Trinajstić information content (AvgIpc) is 3.06. The zero-order valence-corrected chi connectivity index (χ0v) is 19.0. The van der Waals surface area contributed by atoms with E-state index in [-0.39, 0.29) is 23.7 Å². The molecule has 7 nitrogen and oxygen atoms in total. The molecule has 2 heterocycles. The van der Waals surface area contributed by atoms with E-state index in [1.807, 2.05) is 27.7 Å². The summed E-state index contributed by atoms with van der Waals surface area (Å²) in [5.41, 5.74) is 0.252. The van der Waals surface area contributed by atoms with Crippen molar-refractivity contribution in [2.75, 3.05) is 20.9 Å². The first-order chi connectivity index (χ1) is 15.1. The minimum absolute atomic E-state index is 0.144. The molecule has 2 aliphatic rings. The standard InChI is InChI=1S/C23H32F2N6O/c1-13(2)27-21-26-12-19-20(30-21)31(16-8-5-14(6-9-16)23(3,4)32)22(29-19)28-18-10-7-15(24)11-17(18)25/h7,10-14,16,22,28-29,32H,5-6,8-9H2,1-4H3,(H,26,27,30). The van der Waals surface area contributed by atoms with Gasteiger partial charge in [0, 0.05) is 18.2 Å². The molecule has 1 atom stereocenters. The van der Waals surface area contributed by atoms with Crippen LogP contribution in [-0.4, -0.2) is 39.0 Å². The highest BCUT2D eigenvalue weighted by Crippen LogP contribution is 2.41. The zero-order valence-electron chi connectivity index (χ0n) is 19.0. The summed E-state index contributed by atoms with van der Waals surface area (Å²) >= 11 is 0. The van der Waals surface area contributed by atoms with Gasteiger partial charge in [0.25, 0.3) is 0 Å². The van der Waals surface area contributed by atoms with Gasteiger partial charge in [0.1, 0.15) is 11.6 Å². The molecule has 1 aromatic heterocycles. The number of rotatable bonds is 6. The third kappa shape index (κ3) is 4.72. The van der Waals surface area contributed by atoms with Crippen LogP contribution < -0.4 is 20.9 Å². The number of nitrogens with zero attached hydrogens (tertiary/aromatic N) is 3. The maximum atomic E-state index is 14.4. The van der Waals surface area contributed by atoms with E-state index in [0.717, 1.165) is 43.3 Å². The molecule has 0 saturated heterocycles. The summed E-state index contributed by atoms with van der Waals surface area (Å²) in [4.78, 5) is 11.3. The van der Waals surface area contributed by atoms with Crippen LogP contribution in [0.15, 0.2) is 24.4 Å². The Morgan fingerprint density at radius 1 is 1.19 bits per heavy atom. The van der Waals surface area contributed by atoms with Gasteiger partial charge in [-0.3, -0.25) is 0 Å². The quantitative estimate of drug-likeness (QED) is 0.519. The molecule has 2 aromatic rings. The van der Waals surface area contributed by atoms with Crippen LogP contribution in [0.3, 0.4) is 0 Å². The molecule has 1 aliphatic heterocycles. The molecule has 174 valence electrons. The highest BCUT2D eigenvalue weighted by atomic mass is 19.1. The third-order valence-corrected chi connectivity index (χ3v) is 6.31. The number of anilines is 4. The number of aliphatic hydroxyl groups is 1. The molecule has 1 aliphatic carbocycles. The van der Waals surface area contributed by atoms with Gasteiger partial charge in [-0.05, 0) is 71.4 Å². The summed E-state index contributed by atoms with van der Waals surface area (Å²) in [7, 11) is 0. The van der Waals surface area contributed by atoms with Gasteiger partial charge in [0.15, 0.2) is 12.1 Å². The maximum Gasteiger partial charge on any atom is 0.224 e. The van der Waals surface area contributed by atoms with E-state index in [4.69, 9.17) is 4.98 Å². The maximum absolute atomic E-state index is 14.4. The average molecular weight is 447 g/mol. The number of fused-ring (bicyclic) bond motifs is 1. The summed E-state index contributed by atoms with van der Waals surface area (Å²) in [5, 5.41) is 20.2. The summed E-state index contributed by atoms with van der Waals surface area (Å²) in [6.07, 6.45) is 4.79. The lowest BCUT2D eigenvalue weighted by atomic mass is 9.77. The van der Waals surface area contributed by atoms with Gasteiger partial charge in [-0.25, -0.2) is 13.8 Å². The van der Waals surface area contributed by atoms with Gasteiger partial charge in [-0.1, -0.05) is 0 Å². The van der Waals surface area contributed by atoms with Crippen LogP contribution in [0.4, 0.5) is 31.9 Å². The van der Waals surface area contributed by atoms with Crippen LogP contribution in [0.1, 0.15) is 53.4 Å². The molecule has 0 spiro atoms. The predicted molar refractivity (Wildman–Crippen MR) is 123 cm³/mol. The van der Waals surface area contributed by atoms with Crippen molar-refractivity contribution in [3.63, 3.8) is 0 Å². The van der Waals surface area contributed by atoms with E-state index in [9.17, 15) is 13.9 Å². The number of hydrogen-bond acceptors (Lipinski definition) is 7. The molecule has 32 heavy (non-hydrogen) atoms. The van der Waals surface area contributed by atoms with Crippen LogP contribution in [-0.2, 0) is 0 Å². The first-order valence-electron chi connectivity index (χ1n) is 11.2. The Morgan fingerprint density at radius 3 is 2.53 bits per heavy atom. The molecule has 1 fully saturated rings. The molecule has 1 unspecified atom stereocenters. The van der Waals surface area contributed by atoms with E-state index in [0.29, 0.717) is 5.95 Å². The summed E-state index contributed by atoms with van der Waals surface area (Å²) in [5.74, 6) is 0.243. The molecule has 0 bridgehead atoms. The minimum Gasteiger partial charge on any atom is -0.390 e. The lowest BCUT2D eigenvalue weighted by molar-refractivity contribution is -0.00168. The highest BCUT2D eigenvalue weighted by molar-refractivity contribution is 5.74. The monoisotopic (exact) mass is 446 g/mol. The van der Waals surface area contributed by atoms with E-state index in [1.54, 1.807) is 6.20 Å². The van der Waals surface area contributed by atoms with Gasteiger partial charge in [0.05, 0.1) is 23.2 Å². The van der Waals surface area contributed by atoms with Gasteiger partial charge in [0.2, 0.25) is 5.95 Å². The Balaban J connectivity index is 1.62. The first-order valence-corrected chi connectivity index (χ1v) is 11.2. The summed E-state index contributed by atoms with van der Waals surface area (Å²) in [6, 6.07) is 3.83. The fourth-order valence-corrected chi connectivity index (χ4v) is 4.64. The largest absolute Gasteiger partial charge is 0.390 e. The fraction of sp³-hybridized carbons (Fsp3) is 0.565. The lowest BCUT2D eigenvalue weighted by Crippen LogP contribution is -2.50. The lowest BCUT2D eigenvalue weighted by Gasteiger charge is -2.41. The van der Waals surface area contributed by atoms with E-state index in [1.165, 1.54) is 12.1 Å². The smallest absolute Gasteiger partial charge is 0.224 e. The second-order valence-corrected chi connectivity index (χ2v) is 9.61. The van der Waals surface area contributed by atoms with Crippen molar-refractivity contribution in [3.8, 4) is 0 Å². The Kier molecular flexibility index (Phi) is 6.11. The van der Waals surface area contributed by atoms with E-state index in [2.05, 4.69) is 25.8 Å². The fourth-order valence-electron chi connectivity index (χ4n) is 4.64. The van der Waals surface area contributed by atoms with Crippen molar-refractivity contribution >= 4 is 23.1 Å². The summed E-state index contributed by atoms with van der Waals surface area (Å²) < 4.78 is 27.8. The molecule has 1 aromatic carbocycles. The Labute approximate surface area is 187 Å². The van der Waals surface area contributed by atoms with Crippen molar-refractivity contribution < 1.29 is 13.9 Å². The predicted octanol–water partition coefficient (Wildman–Crippen LogP) is 4.53. The van der Waals surface area contributed by atoms with Gasteiger partial charge >= 0.3 is 0 Å². The topological polar surface area (TPSA) is 85.3 Å². The van der Waals surface area contributed by atoms with Crippen LogP contribution >= 0.6 is 0 Å². The van der Waals surface area contributed by atoms with Crippen molar-refractivity contribution in [1.29, 1.82) is 0 Å². The number of nitrogens with one attached hydrogen (secondary N) is 3. The van der Waals surface area contributed by atoms with Crippen LogP contribution in [0.2, 0.25) is 0 Å².